The van der Waals surface area contributed by atoms with Gasteiger partial charge in [-0.1, -0.05) is 19.9 Å². The zero-order chi connectivity index (χ0) is 15.9. The Balaban J connectivity index is 2.67. The number of methoxy groups -OCH3 is 1. The maximum atomic E-state index is 12.2. The molecule has 0 aliphatic rings. The van der Waals surface area contributed by atoms with Crippen molar-refractivity contribution in [3.05, 3.63) is 23.8 Å². The Hall–Kier alpha value is -1.43. The lowest BCUT2D eigenvalue weighted by Gasteiger charge is -2.15. The highest BCUT2D eigenvalue weighted by Gasteiger charge is 2.27. The number of hydrogen-bond donors (Lipinski definition) is 1. The van der Waals surface area contributed by atoms with Crippen LogP contribution in [0.2, 0.25) is 0 Å². The first-order valence-corrected chi connectivity index (χ1v) is 6.89. The van der Waals surface area contributed by atoms with Crippen molar-refractivity contribution in [1.29, 1.82) is 0 Å². The van der Waals surface area contributed by atoms with Crippen molar-refractivity contribution in [2.24, 2.45) is 5.92 Å². The molecule has 0 heterocycles. The first-order chi connectivity index (χ1) is 9.81. The van der Waals surface area contributed by atoms with Gasteiger partial charge >= 0.3 is 6.18 Å². The van der Waals surface area contributed by atoms with Crippen LogP contribution in [0.1, 0.15) is 25.8 Å². The quantitative estimate of drug-likeness (QED) is 0.793. The summed E-state index contributed by atoms with van der Waals surface area (Å²) >= 11 is 0. The van der Waals surface area contributed by atoms with E-state index >= 15 is 0 Å². The third-order valence-corrected chi connectivity index (χ3v) is 2.79. The predicted molar refractivity (Wildman–Crippen MR) is 75.7 cm³/mol. The average molecular weight is 305 g/mol. The molecule has 0 spiro atoms. The maximum Gasteiger partial charge on any atom is 0.392 e. The number of benzene rings is 1. The highest BCUT2D eigenvalue weighted by atomic mass is 19.4. The summed E-state index contributed by atoms with van der Waals surface area (Å²) in [6.07, 6.45) is -5.18. The summed E-state index contributed by atoms with van der Waals surface area (Å²) in [5.74, 6) is 1.48. The second-order valence-electron chi connectivity index (χ2n) is 5.21. The number of nitrogens with one attached hydrogen (secondary N) is 1. The van der Waals surface area contributed by atoms with Crippen molar-refractivity contribution in [2.45, 2.75) is 33.0 Å². The molecule has 1 aromatic carbocycles. The molecule has 120 valence electrons. The minimum Gasteiger partial charge on any atom is -0.497 e. The maximum absolute atomic E-state index is 12.2. The number of halogens is 3. The number of ether oxygens (including phenoxy) is 2. The molecule has 6 heteroatoms. The first kappa shape index (κ1) is 17.6. The number of alkyl halides is 3. The molecule has 21 heavy (non-hydrogen) atoms. The van der Waals surface area contributed by atoms with E-state index in [0.717, 1.165) is 12.1 Å². The number of hydrogen-bond acceptors (Lipinski definition) is 3. The van der Waals surface area contributed by atoms with E-state index in [2.05, 4.69) is 19.2 Å². The highest BCUT2D eigenvalue weighted by molar-refractivity contribution is 5.40. The van der Waals surface area contributed by atoms with Gasteiger partial charge in [0.1, 0.15) is 11.5 Å². The molecule has 1 N–H and O–H groups in total. The van der Waals surface area contributed by atoms with Gasteiger partial charge in [0.25, 0.3) is 0 Å². The normalized spacial score (nSPS) is 11.8. The van der Waals surface area contributed by atoms with Crippen molar-refractivity contribution in [1.82, 2.24) is 5.32 Å². The Morgan fingerprint density at radius 2 is 1.95 bits per heavy atom. The molecule has 0 saturated heterocycles. The van der Waals surface area contributed by atoms with Gasteiger partial charge in [-0.2, -0.15) is 13.2 Å². The van der Waals surface area contributed by atoms with Gasteiger partial charge in [-0.3, -0.25) is 0 Å². The van der Waals surface area contributed by atoms with E-state index in [-0.39, 0.29) is 0 Å². The Bertz CT molecular complexity index is 433. The molecule has 0 saturated carbocycles. The van der Waals surface area contributed by atoms with Crippen molar-refractivity contribution in [3.63, 3.8) is 0 Å². The van der Waals surface area contributed by atoms with Crippen LogP contribution in [0.25, 0.3) is 0 Å². The minimum absolute atomic E-state index is 0.395. The van der Waals surface area contributed by atoms with E-state index in [4.69, 9.17) is 9.47 Å². The molecule has 0 amide bonds. The van der Waals surface area contributed by atoms with E-state index in [9.17, 15) is 13.2 Å². The molecular formula is C15H22F3NO2. The molecule has 3 nitrogen and oxygen atoms in total. The average Bonchev–Trinajstić information content (AvgIpc) is 2.38. The van der Waals surface area contributed by atoms with Gasteiger partial charge in [0.05, 0.1) is 20.1 Å². The van der Waals surface area contributed by atoms with Crippen molar-refractivity contribution in [2.75, 3.05) is 20.3 Å². The number of rotatable bonds is 8. The summed E-state index contributed by atoms with van der Waals surface area (Å²) in [5, 5.41) is 3.24. The van der Waals surface area contributed by atoms with Crippen LogP contribution in [-0.4, -0.2) is 26.4 Å². The fourth-order valence-electron chi connectivity index (χ4n) is 1.71. The van der Waals surface area contributed by atoms with Crippen molar-refractivity contribution >= 4 is 0 Å². The largest absolute Gasteiger partial charge is 0.497 e. The van der Waals surface area contributed by atoms with E-state index in [1.54, 1.807) is 18.2 Å². The molecular weight excluding hydrogens is 283 g/mol. The summed E-state index contributed by atoms with van der Waals surface area (Å²) in [6.45, 7) is 5.15. The van der Waals surface area contributed by atoms with Gasteiger partial charge in [-0.15, -0.1) is 0 Å². The van der Waals surface area contributed by atoms with Crippen LogP contribution < -0.4 is 14.8 Å². The van der Waals surface area contributed by atoms with Crippen LogP contribution in [0.3, 0.4) is 0 Å². The summed E-state index contributed by atoms with van der Waals surface area (Å²) in [6, 6.07) is 5.18. The lowest BCUT2D eigenvalue weighted by molar-refractivity contribution is -0.139. The summed E-state index contributed by atoms with van der Waals surface area (Å²) in [7, 11) is 1.51. The Morgan fingerprint density at radius 1 is 1.24 bits per heavy atom. The Labute approximate surface area is 123 Å². The van der Waals surface area contributed by atoms with Crippen LogP contribution in [0.15, 0.2) is 18.2 Å². The molecule has 1 aromatic rings. The van der Waals surface area contributed by atoms with Crippen molar-refractivity contribution in [3.8, 4) is 11.5 Å². The van der Waals surface area contributed by atoms with E-state index < -0.39 is 19.2 Å². The molecule has 0 bridgehead atoms. The first-order valence-electron chi connectivity index (χ1n) is 6.89. The fourth-order valence-corrected chi connectivity index (χ4v) is 1.71. The molecule has 0 radical (unpaired) electrons. The van der Waals surface area contributed by atoms with E-state index in [1.165, 1.54) is 7.11 Å². The van der Waals surface area contributed by atoms with Crippen LogP contribution in [-0.2, 0) is 6.54 Å². The van der Waals surface area contributed by atoms with Crippen LogP contribution >= 0.6 is 0 Å². The monoisotopic (exact) mass is 305 g/mol. The second-order valence-corrected chi connectivity index (χ2v) is 5.21. The molecule has 0 aliphatic carbocycles. The topological polar surface area (TPSA) is 30.5 Å². The lowest BCUT2D eigenvalue weighted by Crippen LogP contribution is -2.20. The Kier molecular flexibility index (Phi) is 6.81. The van der Waals surface area contributed by atoms with Crippen LogP contribution in [0.4, 0.5) is 13.2 Å². The Morgan fingerprint density at radius 3 is 2.52 bits per heavy atom. The van der Waals surface area contributed by atoms with E-state index in [1.807, 2.05) is 0 Å². The van der Waals surface area contributed by atoms with Gasteiger partial charge in [-0.25, -0.2) is 0 Å². The summed E-state index contributed by atoms with van der Waals surface area (Å²) in [4.78, 5) is 0. The minimum atomic E-state index is -4.21. The molecule has 0 atom stereocenters. The smallest absolute Gasteiger partial charge is 0.392 e. The summed E-state index contributed by atoms with van der Waals surface area (Å²) < 4.78 is 46.9. The highest BCUT2D eigenvalue weighted by Crippen LogP contribution is 2.26. The zero-order valence-corrected chi connectivity index (χ0v) is 12.6. The van der Waals surface area contributed by atoms with Gasteiger partial charge in [0.15, 0.2) is 0 Å². The molecule has 0 aromatic heterocycles. The van der Waals surface area contributed by atoms with E-state index in [0.29, 0.717) is 24.0 Å². The third-order valence-electron chi connectivity index (χ3n) is 2.79. The molecule has 1 rings (SSSR count). The van der Waals surface area contributed by atoms with Gasteiger partial charge < -0.3 is 14.8 Å². The zero-order valence-electron chi connectivity index (χ0n) is 12.6. The van der Waals surface area contributed by atoms with Crippen LogP contribution in [0.5, 0.6) is 11.5 Å². The van der Waals surface area contributed by atoms with Gasteiger partial charge in [0.2, 0.25) is 0 Å². The van der Waals surface area contributed by atoms with Crippen LogP contribution in [0, 0.1) is 5.92 Å². The second kappa shape index (κ2) is 8.12. The third kappa shape index (κ3) is 7.22. The lowest BCUT2D eigenvalue weighted by atomic mass is 10.1. The SMILES string of the molecule is COc1ccc(CNCC(C)C)c(OCCC(F)(F)F)c1. The summed E-state index contributed by atoms with van der Waals surface area (Å²) in [5.41, 5.74) is 0.818. The van der Waals surface area contributed by atoms with Crippen molar-refractivity contribution < 1.29 is 22.6 Å². The van der Waals surface area contributed by atoms with Gasteiger partial charge in [-0.05, 0) is 18.5 Å². The van der Waals surface area contributed by atoms with Gasteiger partial charge in [0, 0.05) is 18.2 Å². The predicted octanol–water partition coefficient (Wildman–Crippen LogP) is 3.77. The fraction of sp³-hybridized carbons (Fsp3) is 0.600. The molecule has 0 fully saturated rings. The molecule has 0 aliphatic heterocycles. The molecule has 0 unspecified atom stereocenters. The standard InChI is InChI=1S/C15H22F3NO2/c1-11(2)9-19-10-12-4-5-13(20-3)8-14(12)21-7-6-15(16,17)18/h4-5,8,11,19H,6-7,9-10H2,1-3H3.